The van der Waals surface area contributed by atoms with E-state index in [1.807, 2.05) is 4.57 Å². The number of hydrogen-bond donors (Lipinski definition) is 2. The summed E-state index contributed by atoms with van der Waals surface area (Å²) >= 11 is 0. The van der Waals surface area contributed by atoms with Crippen LogP contribution in [0.2, 0.25) is 0 Å². The monoisotopic (exact) mass is 295 g/mol. The van der Waals surface area contributed by atoms with E-state index in [1.165, 1.54) is 22.5 Å². The van der Waals surface area contributed by atoms with E-state index in [4.69, 9.17) is 5.73 Å². The van der Waals surface area contributed by atoms with Gasteiger partial charge in [-0.25, -0.2) is 8.42 Å². The topological polar surface area (TPSA) is 114 Å². The lowest BCUT2D eigenvalue weighted by atomic mass is 10.3. The average Bonchev–Trinajstić information content (AvgIpc) is 2.89. The normalized spacial score (nSPS) is 16.0. The van der Waals surface area contributed by atoms with Crippen molar-refractivity contribution in [3.05, 3.63) is 30.4 Å². The van der Waals surface area contributed by atoms with E-state index in [0.29, 0.717) is 18.9 Å². The Balaban J connectivity index is 1.95. The molecule has 1 aliphatic rings. The van der Waals surface area contributed by atoms with Gasteiger partial charge in [-0.1, -0.05) is 0 Å². The first-order valence-corrected chi connectivity index (χ1v) is 7.38. The zero-order valence-corrected chi connectivity index (χ0v) is 11.3. The van der Waals surface area contributed by atoms with Crippen molar-refractivity contribution in [2.45, 2.75) is 18.0 Å². The predicted octanol–water partition coefficient (Wildman–Crippen LogP) is -0.230. The van der Waals surface area contributed by atoms with Gasteiger partial charge in [0.2, 0.25) is 10.0 Å². The number of benzene rings is 1. The molecule has 2 heterocycles. The summed E-state index contributed by atoms with van der Waals surface area (Å²) in [7, 11) is -3.66. The molecular formula is C11H13N5O3S. The van der Waals surface area contributed by atoms with Gasteiger partial charge in [0.1, 0.15) is 17.9 Å². The van der Waals surface area contributed by atoms with Crippen molar-refractivity contribution in [1.29, 1.82) is 0 Å². The summed E-state index contributed by atoms with van der Waals surface area (Å²) in [4.78, 5) is 0.0563. The number of rotatable bonds is 2. The van der Waals surface area contributed by atoms with Crippen molar-refractivity contribution in [2.24, 2.45) is 0 Å². The highest BCUT2D eigenvalue weighted by molar-refractivity contribution is 7.89. The molecule has 0 bridgehead atoms. The molecule has 3 rings (SSSR count). The lowest BCUT2D eigenvalue weighted by Crippen LogP contribution is -2.38. The summed E-state index contributed by atoms with van der Waals surface area (Å²) in [6.07, 6.45) is 1.58. The second-order valence-corrected chi connectivity index (χ2v) is 6.44. The highest BCUT2D eigenvalue weighted by atomic mass is 32.2. The number of sulfonamides is 1. The molecule has 0 radical (unpaired) electrons. The zero-order chi connectivity index (χ0) is 14.3. The van der Waals surface area contributed by atoms with Crippen molar-refractivity contribution >= 4 is 15.7 Å². The van der Waals surface area contributed by atoms with Crippen LogP contribution in [0.5, 0.6) is 5.75 Å². The molecule has 3 N–H and O–H groups in total. The summed E-state index contributed by atoms with van der Waals surface area (Å²) in [5.74, 6) is 0.467. The first-order chi connectivity index (χ1) is 9.48. The van der Waals surface area contributed by atoms with Crippen LogP contribution in [0.25, 0.3) is 0 Å². The van der Waals surface area contributed by atoms with Crippen LogP contribution in [-0.2, 0) is 23.1 Å². The van der Waals surface area contributed by atoms with Crippen LogP contribution in [0.15, 0.2) is 29.4 Å². The molecule has 8 nitrogen and oxygen atoms in total. The molecular weight excluding hydrogens is 282 g/mol. The van der Waals surface area contributed by atoms with Gasteiger partial charge < -0.3 is 15.4 Å². The number of phenols is 1. The van der Waals surface area contributed by atoms with Crippen LogP contribution in [0.4, 0.5) is 5.69 Å². The minimum absolute atomic E-state index is 0.0336. The van der Waals surface area contributed by atoms with Crippen molar-refractivity contribution in [1.82, 2.24) is 19.1 Å². The van der Waals surface area contributed by atoms with Gasteiger partial charge in [0, 0.05) is 13.1 Å². The standard InChI is InChI=1S/C11H13N5O3S/c12-9-5-8(1-2-10(9)17)20(18,19)16-4-3-15-7-13-14-11(15)6-16/h1-2,5,7,17H,3-4,6,12H2. The second kappa shape index (κ2) is 4.46. The number of nitrogen functional groups attached to an aromatic ring is 1. The third kappa shape index (κ3) is 2.00. The number of aromatic nitrogens is 3. The Hall–Kier alpha value is -2.13. The Morgan fingerprint density at radius 2 is 2.10 bits per heavy atom. The van der Waals surface area contributed by atoms with Gasteiger partial charge >= 0.3 is 0 Å². The molecule has 0 unspecified atom stereocenters. The van der Waals surface area contributed by atoms with E-state index in [0.717, 1.165) is 0 Å². The van der Waals surface area contributed by atoms with Crippen molar-refractivity contribution < 1.29 is 13.5 Å². The van der Waals surface area contributed by atoms with Crippen LogP contribution in [0, 0.1) is 0 Å². The molecule has 20 heavy (non-hydrogen) atoms. The van der Waals surface area contributed by atoms with Crippen molar-refractivity contribution in [3.63, 3.8) is 0 Å². The molecule has 0 atom stereocenters. The summed E-state index contributed by atoms with van der Waals surface area (Å²) in [5.41, 5.74) is 5.58. The van der Waals surface area contributed by atoms with E-state index in [1.54, 1.807) is 6.33 Å². The Kier molecular flexibility index (Phi) is 2.87. The number of fused-ring (bicyclic) bond motifs is 1. The molecule has 0 fully saturated rings. The maximum atomic E-state index is 12.5. The van der Waals surface area contributed by atoms with Gasteiger partial charge in [0.25, 0.3) is 0 Å². The summed E-state index contributed by atoms with van der Waals surface area (Å²) in [6.45, 7) is 1.02. The van der Waals surface area contributed by atoms with Gasteiger partial charge in [0.15, 0.2) is 0 Å². The first kappa shape index (κ1) is 12.9. The molecule has 9 heteroatoms. The van der Waals surface area contributed by atoms with Crippen LogP contribution < -0.4 is 5.73 Å². The minimum Gasteiger partial charge on any atom is -0.506 e. The van der Waals surface area contributed by atoms with Crippen LogP contribution in [-0.4, -0.2) is 39.1 Å². The molecule has 0 saturated carbocycles. The number of nitrogens with two attached hydrogens (primary N) is 1. The molecule has 2 aromatic rings. The molecule has 1 aromatic heterocycles. The minimum atomic E-state index is -3.66. The lowest BCUT2D eigenvalue weighted by Gasteiger charge is -2.26. The van der Waals surface area contributed by atoms with E-state index in [2.05, 4.69) is 10.2 Å². The average molecular weight is 295 g/mol. The SMILES string of the molecule is Nc1cc(S(=O)(=O)N2CCn3cnnc3C2)ccc1O. The third-order valence-electron chi connectivity index (χ3n) is 3.24. The van der Waals surface area contributed by atoms with Crippen molar-refractivity contribution in [3.8, 4) is 5.75 Å². The smallest absolute Gasteiger partial charge is 0.243 e. The number of nitrogens with zero attached hydrogens (tertiary/aromatic N) is 4. The summed E-state index contributed by atoms with van der Waals surface area (Å²) in [6, 6.07) is 3.86. The fourth-order valence-electron chi connectivity index (χ4n) is 2.09. The Bertz CT molecular complexity index is 755. The van der Waals surface area contributed by atoms with Gasteiger partial charge in [-0.2, -0.15) is 4.31 Å². The number of phenolic OH excluding ortho intramolecular Hbond substituents is 1. The Morgan fingerprint density at radius 3 is 2.85 bits per heavy atom. The van der Waals surface area contributed by atoms with Crippen molar-refractivity contribution in [2.75, 3.05) is 12.3 Å². The molecule has 1 aromatic carbocycles. The van der Waals surface area contributed by atoms with Gasteiger partial charge in [0.05, 0.1) is 17.1 Å². The highest BCUT2D eigenvalue weighted by Crippen LogP contribution is 2.26. The quantitative estimate of drug-likeness (QED) is 0.584. The van der Waals surface area contributed by atoms with E-state index in [9.17, 15) is 13.5 Å². The first-order valence-electron chi connectivity index (χ1n) is 5.94. The lowest BCUT2D eigenvalue weighted by molar-refractivity contribution is 0.335. The fourth-order valence-corrected chi connectivity index (χ4v) is 3.51. The van der Waals surface area contributed by atoms with Gasteiger partial charge in [-0.3, -0.25) is 0 Å². The molecule has 0 amide bonds. The number of aromatic hydroxyl groups is 1. The summed E-state index contributed by atoms with van der Waals surface area (Å²) < 4.78 is 28.2. The second-order valence-electron chi connectivity index (χ2n) is 4.50. The Labute approximate surface area is 115 Å². The molecule has 106 valence electrons. The van der Waals surface area contributed by atoms with E-state index < -0.39 is 10.0 Å². The Morgan fingerprint density at radius 1 is 1.30 bits per heavy atom. The molecule has 0 spiro atoms. The summed E-state index contributed by atoms with van der Waals surface area (Å²) in [5, 5.41) is 17.0. The molecule has 1 aliphatic heterocycles. The van der Waals surface area contributed by atoms with Gasteiger partial charge in [-0.15, -0.1) is 10.2 Å². The van der Waals surface area contributed by atoms with Crippen LogP contribution >= 0.6 is 0 Å². The predicted molar refractivity (Wildman–Crippen MR) is 70.1 cm³/mol. The molecule has 0 aliphatic carbocycles. The maximum absolute atomic E-state index is 12.5. The third-order valence-corrected chi connectivity index (χ3v) is 5.08. The number of hydrogen-bond acceptors (Lipinski definition) is 6. The molecule has 0 saturated heterocycles. The fraction of sp³-hybridized carbons (Fsp3) is 0.273. The van der Waals surface area contributed by atoms with Crippen LogP contribution in [0.1, 0.15) is 5.82 Å². The maximum Gasteiger partial charge on any atom is 0.243 e. The van der Waals surface area contributed by atoms with E-state index in [-0.39, 0.29) is 22.9 Å². The highest BCUT2D eigenvalue weighted by Gasteiger charge is 2.29. The largest absolute Gasteiger partial charge is 0.506 e. The van der Waals surface area contributed by atoms with E-state index >= 15 is 0 Å². The zero-order valence-electron chi connectivity index (χ0n) is 10.5. The van der Waals surface area contributed by atoms with Crippen LogP contribution in [0.3, 0.4) is 0 Å². The number of anilines is 1. The van der Waals surface area contributed by atoms with Gasteiger partial charge in [-0.05, 0) is 18.2 Å².